The molecular formula is C60H48N4O2. The normalized spacial score (nSPS) is 15.9. The molecule has 4 aliphatic heterocycles. The highest BCUT2D eigenvalue weighted by Gasteiger charge is 2.32. The summed E-state index contributed by atoms with van der Waals surface area (Å²) < 4.78 is 113. The first-order valence-corrected chi connectivity index (χ1v) is 21.9. The van der Waals surface area contributed by atoms with Crippen molar-refractivity contribution < 1.29 is 24.6 Å². The van der Waals surface area contributed by atoms with Crippen LogP contribution in [0.2, 0.25) is 0 Å². The molecule has 6 heterocycles. The molecular weight excluding hydrogens is 809 g/mol. The van der Waals surface area contributed by atoms with E-state index in [0.717, 1.165) is 45.0 Å². The minimum Gasteiger partial charge on any atom is -0.457 e. The molecule has 10 aromatic rings. The third-order valence-electron chi connectivity index (χ3n) is 12.2. The Labute approximate surface area is 401 Å². The number of anilines is 4. The summed E-state index contributed by atoms with van der Waals surface area (Å²) >= 11 is 0. The Kier molecular flexibility index (Phi) is 7.06. The van der Waals surface area contributed by atoms with E-state index in [1.54, 1.807) is 42.5 Å². The van der Waals surface area contributed by atoms with Gasteiger partial charge < -0.3 is 19.3 Å². The molecule has 320 valence electrons. The van der Waals surface area contributed by atoms with Crippen molar-refractivity contribution in [3.05, 3.63) is 205 Å². The van der Waals surface area contributed by atoms with Crippen LogP contribution in [0, 0.1) is 19.6 Å². The van der Waals surface area contributed by atoms with Crippen LogP contribution in [-0.2, 0) is 6.37 Å². The number of hydrogen-bond donors (Lipinski definition) is 0. The number of fused-ring (bicyclic) bond motifs is 5. The van der Waals surface area contributed by atoms with E-state index in [1.165, 1.54) is 16.8 Å². The van der Waals surface area contributed by atoms with E-state index < -0.39 is 43.8 Å². The van der Waals surface area contributed by atoms with Crippen LogP contribution in [0.1, 0.15) is 45.6 Å². The molecule has 0 saturated heterocycles. The highest BCUT2D eigenvalue weighted by atomic mass is 16.5. The highest BCUT2D eigenvalue weighted by molar-refractivity contribution is 6.10. The van der Waals surface area contributed by atoms with E-state index in [4.69, 9.17) is 24.1 Å². The molecule has 0 radical (unpaired) electrons. The molecule has 0 spiro atoms. The predicted octanol–water partition coefficient (Wildman–Crippen LogP) is 16.1. The molecule has 0 atom stereocenters. The molecule has 6 heteroatoms. The maximum Gasteiger partial charge on any atom is 0.137 e. The molecule has 0 amide bonds. The van der Waals surface area contributed by atoms with Crippen molar-refractivity contribution in [2.24, 2.45) is 5.92 Å². The van der Waals surface area contributed by atoms with Gasteiger partial charge in [0.2, 0.25) is 0 Å². The summed E-state index contributed by atoms with van der Waals surface area (Å²) in [6.45, 7) is -1.49. The second-order valence-corrected chi connectivity index (χ2v) is 16.9. The lowest BCUT2D eigenvalue weighted by Gasteiger charge is -2.28. The van der Waals surface area contributed by atoms with Crippen molar-refractivity contribution in [1.29, 1.82) is 0 Å². The van der Waals surface area contributed by atoms with Crippen molar-refractivity contribution in [2.75, 3.05) is 16.5 Å². The van der Waals surface area contributed by atoms with Gasteiger partial charge in [0, 0.05) is 68.0 Å². The van der Waals surface area contributed by atoms with Crippen LogP contribution in [0.25, 0.3) is 61.0 Å². The van der Waals surface area contributed by atoms with Gasteiger partial charge in [-0.15, -0.1) is 0 Å². The van der Waals surface area contributed by atoms with E-state index in [2.05, 4.69) is 21.9 Å². The van der Waals surface area contributed by atoms with E-state index in [0.29, 0.717) is 51.7 Å². The monoisotopic (exact) mass is 867 g/mol. The first-order chi connectivity index (χ1) is 36.8. The minimum atomic E-state index is -2.89. The Hall–Kier alpha value is -8.09. The third-order valence-corrected chi connectivity index (χ3v) is 12.2. The molecule has 0 fully saturated rings. The summed E-state index contributed by atoms with van der Waals surface area (Å²) in [4.78, 5) is 9.32. The van der Waals surface area contributed by atoms with Crippen LogP contribution in [0.15, 0.2) is 188 Å². The summed E-state index contributed by atoms with van der Waals surface area (Å²) in [7, 11) is 0. The Balaban J connectivity index is 1.13. The fourth-order valence-corrected chi connectivity index (χ4v) is 9.36. The van der Waals surface area contributed by atoms with Crippen molar-refractivity contribution in [1.82, 2.24) is 9.55 Å². The van der Waals surface area contributed by atoms with Crippen LogP contribution < -0.4 is 19.3 Å². The Bertz CT molecular complexity index is 4000. The lowest BCUT2D eigenvalue weighted by molar-refractivity contribution is 0.483. The zero-order chi connectivity index (χ0) is 53.9. The molecule has 0 saturated carbocycles. The van der Waals surface area contributed by atoms with Crippen molar-refractivity contribution in [3.8, 4) is 62.2 Å². The largest absolute Gasteiger partial charge is 0.457 e. The Morgan fingerprint density at radius 3 is 2.17 bits per heavy atom. The van der Waals surface area contributed by atoms with Crippen LogP contribution in [-0.4, -0.2) is 16.2 Å². The molecule has 66 heavy (non-hydrogen) atoms. The number of aryl methyl sites for hydroxylation is 1. The number of nitrogens with zero attached hydrogens (tertiary/aromatic N) is 4. The molecule has 0 N–H and O–H groups in total. The van der Waals surface area contributed by atoms with Crippen LogP contribution in [0.3, 0.4) is 0 Å². The molecule has 0 unspecified atom stereocenters. The Morgan fingerprint density at radius 1 is 0.621 bits per heavy atom. The molecule has 14 rings (SSSR count). The van der Waals surface area contributed by atoms with E-state index in [-0.39, 0.29) is 33.8 Å². The second-order valence-electron chi connectivity index (χ2n) is 16.9. The number of benzene rings is 8. The molecule has 8 aromatic carbocycles. The number of hydrogen-bond acceptors (Lipinski definition) is 5. The van der Waals surface area contributed by atoms with Gasteiger partial charge in [-0.25, -0.2) is 4.98 Å². The summed E-state index contributed by atoms with van der Waals surface area (Å²) in [6, 6.07) is 49.3. The summed E-state index contributed by atoms with van der Waals surface area (Å²) in [5, 5.41) is 0.460. The van der Waals surface area contributed by atoms with Gasteiger partial charge in [0.15, 0.2) is 0 Å². The molecule has 6 nitrogen and oxygen atoms in total. The first kappa shape index (κ1) is 29.4. The molecule has 4 aliphatic rings. The molecule has 2 aromatic heterocycles. The minimum absolute atomic E-state index is 0.0108. The second kappa shape index (κ2) is 15.9. The van der Waals surface area contributed by atoms with Crippen LogP contribution >= 0.6 is 0 Å². The van der Waals surface area contributed by atoms with E-state index >= 15 is 0 Å². The molecule has 10 bridgehead atoms. The van der Waals surface area contributed by atoms with Crippen LogP contribution in [0.4, 0.5) is 22.7 Å². The fraction of sp³-hybridized carbons (Fsp3) is 0.117. The van der Waals surface area contributed by atoms with E-state index in [9.17, 15) is 5.48 Å². The number of ether oxygens (including phenoxy) is 2. The maximum absolute atomic E-state index is 9.44. The average molecular weight is 868 g/mol. The zero-order valence-corrected chi connectivity index (χ0v) is 36.1. The third kappa shape index (κ3) is 6.85. The van der Waals surface area contributed by atoms with Gasteiger partial charge in [0.05, 0.1) is 32.2 Å². The van der Waals surface area contributed by atoms with E-state index in [1.807, 2.05) is 117 Å². The number of aromatic nitrogens is 2. The Morgan fingerprint density at radius 2 is 1.36 bits per heavy atom. The van der Waals surface area contributed by atoms with Crippen molar-refractivity contribution in [3.63, 3.8) is 0 Å². The topological polar surface area (TPSA) is 42.8 Å². The quantitative estimate of drug-likeness (QED) is 0.177. The highest BCUT2D eigenvalue weighted by Crippen LogP contribution is 2.51. The fourth-order valence-electron chi connectivity index (χ4n) is 9.36. The first-order valence-electron chi connectivity index (χ1n) is 27.4. The number of para-hydroxylation sites is 3. The lowest BCUT2D eigenvalue weighted by Crippen LogP contribution is -2.25. The number of rotatable bonds is 3. The average Bonchev–Trinajstić information content (AvgIpc) is 4.15. The molecule has 0 aliphatic carbocycles. The maximum atomic E-state index is 9.44. The van der Waals surface area contributed by atoms with Crippen molar-refractivity contribution in [2.45, 2.75) is 33.9 Å². The van der Waals surface area contributed by atoms with Gasteiger partial charge >= 0.3 is 0 Å². The van der Waals surface area contributed by atoms with Gasteiger partial charge in [-0.2, -0.15) is 0 Å². The SMILES string of the molecule is [2H]c1c(C([2H])([2H])[2H])c([2H])c2c3ccc4cc3n(c2c1[2H])-c1cc(C([2H])([2H])[2H])c(cn1)-c1ccccc1Oc1ccc(cc1)-c1cc(C([2H])([2H])C(C)C)cc(-c2ccccc2)c1N1CN(c2cccc(c2)O4)c2ccccc21. The summed E-state index contributed by atoms with van der Waals surface area (Å²) in [6.07, 6.45) is -0.273. The standard InChI is InChI=1S/C60H48N4O2/c1-38(2)29-41-32-50(42-13-6-5-7-14-42)60-51(33-41)43-22-24-45(25-23-43)66-58-20-11-8-17-49(58)53-36-61-59(31-40(53)4)64-54-28-21-39(3)30-52(54)48-27-26-47(35-57(48)64)65-46-16-12-15-44(34-46)62-37-63(60)56-19-10-9-18-55(56)62/h5-28,30-36,38H,29,37H2,1-4H3/i3D3,4D3,21D,28D,29D2,30D. The van der Waals surface area contributed by atoms with Gasteiger partial charge in [-0.05, 0) is 133 Å². The van der Waals surface area contributed by atoms with Gasteiger partial charge in [0.25, 0.3) is 0 Å². The van der Waals surface area contributed by atoms with Gasteiger partial charge in [-0.3, -0.25) is 4.57 Å². The summed E-state index contributed by atoms with van der Waals surface area (Å²) in [5.74, 6) is 1.29. The smallest absolute Gasteiger partial charge is 0.137 e. The van der Waals surface area contributed by atoms with Gasteiger partial charge in [-0.1, -0.05) is 104 Å². The zero-order valence-electron chi connectivity index (χ0n) is 47.1. The van der Waals surface area contributed by atoms with Crippen molar-refractivity contribution >= 4 is 44.6 Å². The lowest BCUT2D eigenvalue weighted by atomic mass is 9.90. The predicted molar refractivity (Wildman–Crippen MR) is 272 cm³/mol. The van der Waals surface area contributed by atoms with Crippen LogP contribution in [0.5, 0.6) is 23.0 Å². The summed E-state index contributed by atoms with van der Waals surface area (Å²) in [5.41, 5.74) is 7.74. The van der Waals surface area contributed by atoms with Gasteiger partial charge in [0.1, 0.15) is 35.5 Å². The number of pyridine rings is 1.